The lowest BCUT2D eigenvalue weighted by Crippen LogP contribution is -2.42. The Hall–Kier alpha value is -1.10. The fourth-order valence-electron chi connectivity index (χ4n) is 0.875. The molecule has 1 amide bonds. The van der Waals surface area contributed by atoms with Gasteiger partial charge in [0.15, 0.2) is 0 Å². The smallest absolute Gasteiger partial charge is 0.326 e. The number of carboxylic acid groups (broad SMARTS) is 1. The van der Waals surface area contributed by atoms with Crippen LogP contribution < -0.4 is 5.32 Å². The molecule has 0 saturated carbocycles. The van der Waals surface area contributed by atoms with Crippen molar-refractivity contribution in [3.63, 3.8) is 0 Å². The largest absolute Gasteiger partial charge is 0.480 e. The first-order valence-electron chi connectivity index (χ1n) is 3.90. The molecule has 5 nitrogen and oxygen atoms in total. The lowest BCUT2D eigenvalue weighted by Gasteiger charge is -2.25. The Balaban J connectivity index is 4.24. The molecule has 76 valence electrons. The summed E-state index contributed by atoms with van der Waals surface area (Å²) in [5, 5.41) is 10.9. The second-order valence-electron chi connectivity index (χ2n) is 3.34. The Morgan fingerprint density at radius 1 is 1.69 bits per heavy atom. The van der Waals surface area contributed by atoms with Crippen LogP contribution in [0.3, 0.4) is 0 Å². The molecule has 13 heavy (non-hydrogen) atoms. The first-order valence-corrected chi connectivity index (χ1v) is 3.90. The van der Waals surface area contributed by atoms with Crippen LogP contribution in [-0.4, -0.2) is 36.2 Å². The average molecular weight is 189 g/mol. The summed E-state index contributed by atoms with van der Waals surface area (Å²) in [5.41, 5.74) is -0.556. The fraction of sp³-hybridized carbons (Fsp3) is 0.750. The minimum absolute atomic E-state index is 0.234. The van der Waals surface area contributed by atoms with Gasteiger partial charge in [0.25, 0.3) is 0 Å². The zero-order valence-corrected chi connectivity index (χ0v) is 8.03. The van der Waals surface area contributed by atoms with E-state index < -0.39 is 17.6 Å². The van der Waals surface area contributed by atoms with Crippen LogP contribution in [0.15, 0.2) is 0 Å². The van der Waals surface area contributed by atoms with Crippen molar-refractivity contribution in [3.8, 4) is 0 Å². The predicted molar refractivity (Wildman–Crippen MR) is 46.3 cm³/mol. The van der Waals surface area contributed by atoms with Gasteiger partial charge in [0.1, 0.15) is 6.04 Å². The van der Waals surface area contributed by atoms with Crippen molar-refractivity contribution in [2.75, 3.05) is 7.11 Å². The van der Waals surface area contributed by atoms with Crippen molar-refractivity contribution in [2.45, 2.75) is 31.9 Å². The molecule has 0 heterocycles. The van der Waals surface area contributed by atoms with E-state index in [0.29, 0.717) is 6.41 Å². The lowest BCUT2D eigenvalue weighted by molar-refractivity contribution is -0.142. The third-order valence-electron chi connectivity index (χ3n) is 1.82. The van der Waals surface area contributed by atoms with Gasteiger partial charge in [-0.15, -0.1) is 0 Å². The van der Waals surface area contributed by atoms with E-state index in [1.807, 2.05) is 0 Å². The van der Waals surface area contributed by atoms with Gasteiger partial charge in [0.05, 0.1) is 5.60 Å². The van der Waals surface area contributed by atoms with E-state index in [-0.39, 0.29) is 6.42 Å². The molecule has 0 aliphatic carbocycles. The lowest BCUT2D eigenvalue weighted by atomic mass is 9.99. The number of aliphatic carboxylic acids is 1. The first-order chi connectivity index (χ1) is 5.93. The molecule has 0 radical (unpaired) electrons. The molecule has 2 N–H and O–H groups in total. The highest BCUT2D eigenvalue weighted by Crippen LogP contribution is 2.15. The quantitative estimate of drug-likeness (QED) is 0.577. The molecule has 0 aliphatic rings. The fourth-order valence-corrected chi connectivity index (χ4v) is 0.875. The summed E-state index contributed by atoms with van der Waals surface area (Å²) in [6, 6.07) is -0.896. The molecule has 0 rings (SSSR count). The molecule has 0 aromatic rings. The van der Waals surface area contributed by atoms with Crippen molar-refractivity contribution in [1.82, 2.24) is 5.32 Å². The molecule has 0 aromatic carbocycles. The van der Waals surface area contributed by atoms with Gasteiger partial charge in [-0.2, -0.15) is 0 Å². The van der Waals surface area contributed by atoms with Crippen LogP contribution in [0.2, 0.25) is 0 Å². The van der Waals surface area contributed by atoms with E-state index in [1.165, 1.54) is 7.11 Å². The van der Waals surface area contributed by atoms with E-state index in [4.69, 9.17) is 9.84 Å². The molecule has 0 bridgehead atoms. The Morgan fingerprint density at radius 2 is 2.23 bits per heavy atom. The Kier molecular flexibility index (Phi) is 4.40. The number of rotatable bonds is 6. The summed E-state index contributed by atoms with van der Waals surface area (Å²) >= 11 is 0. The summed E-state index contributed by atoms with van der Waals surface area (Å²) in [6.07, 6.45) is 0.613. The maximum atomic E-state index is 10.6. The van der Waals surface area contributed by atoms with Crippen LogP contribution in [0.1, 0.15) is 20.3 Å². The maximum Gasteiger partial charge on any atom is 0.326 e. The number of ether oxygens (including phenoxy) is 1. The minimum Gasteiger partial charge on any atom is -0.480 e. The third kappa shape index (κ3) is 4.47. The summed E-state index contributed by atoms with van der Waals surface area (Å²) in [4.78, 5) is 20.7. The first kappa shape index (κ1) is 11.9. The number of hydrogen-bond donors (Lipinski definition) is 2. The molecule has 0 fully saturated rings. The maximum absolute atomic E-state index is 10.6. The molecule has 0 aromatic heterocycles. The van der Waals surface area contributed by atoms with E-state index in [1.54, 1.807) is 13.8 Å². The Labute approximate surface area is 77.1 Å². The van der Waals surface area contributed by atoms with Crippen molar-refractivity contribution in [2.24, 2.45) is 0 Å². The van der Waals surface area contributed by atoms with Gasteiger partial charge in [-0.1, -0.05) is 0 Å². The minimum atomic E-state index is -1.06. The zero-order valence-electron chi connectivity index (χ0n) is 8.03. The topological polar surface area (TPSA) is 75.6 Å². The van der Waals surface area contributed by atoms with Crippen LogP contribution in [-0.2, 0) is 14.3 Å². The van der Waals surface area contributed by atoms with Gasteiger partial charge in [0.2, 0.25) is 6.41 Å². The van der Waals surface area contributed by atoms with Crippen LogP contribution >= 0.6 is 0 Å². The summed E-state index contributed by atoms with van der Waals surface area (Å²) < 4.78 is 5.05. The highest BCUT2D eigenvalue weighted by Gasteiger charge is 2.26. The van der Waals surface area contributed by atoms with Crippen molar-refractivity contribution in [3.05, 3.63) is 0 Å². The van der Waals surface area contributed by atoms with Crippen LogP contribution in [0, 0.1) is 0 Å². The number of carboxylic acids is 1. The molecule has 5 heteroatoms. The van der Waals surface area contributed by atoms with Gasteiger partial charge in [-0.3, -0.25) is 4.79 Å². The number of amides is 1. The number of methoxy groups -OCH3 is 1. The van der Waals surface area contributed by atoms with E-state index in [0.717, 1.165) is 0 Å². The Morgan fingerprint density at radius 3 is 2.54 bits per heavy atom. The Bertz CT molecular complexity index is 191. The van der Waals surface area contributed by atoms with Crippen LogP contribution in [0.5, 0.6) is 0 Å². The zero-order chi connectivity index (χ0) is 10.5. The normalized spacial score (nSPS) is 13.5. The summed E-state index contributed by atoms with van der Waals surface area (Å²) in [7, 11) is 1.50. The van der Waals surface area contributed by atoms with E-state index in [9.17, 15) is 9.59 Å². The van der Waals surface area contributed by atoms with Crippen LogP contribution in [0.4, 0.5) is 0 Å². The number of hydrogen-bond acceptors (Lipinski definition) is 3. The summed E-state index contributed by atoms with van der Waals surface area (Å²) in [6.45, 7) is 3.52. The van der Waals surface area contributed by atoms with E-state index >= 15 is 0 Å². The summed E-state index contributed by atoms with van der Waals surface area (Å²) in [5.74, 6) is -1.06. The molecule has 0 saturated heterocycles. The van der Waals surface area contributed by atoms with E-state index in [2.05, 4.69) is 5.32 Å². The molecule has 1 unspecified atom stereocenters. The number of carbonyl (C=O) groups excluding carboxylic acids is 1. The molecule has 0 aliphatic heterocycles. The van der Waals surface area contributed by atoms with Gasteiger partial charge in [0, 0.05) is 13.5 Å². The predicted octanol–water partition coefficient (Wildman–Crippen LogP) is 0.000700. The van der Waals surface area contributed by atoms with Gasteiger partial charge in [-0.05, 0) is 13.8 Å². The monoisotopic (exact) mass is 189 g/mol. The van der Waals surface area contributed by atoms with Gasteiger partial charge < -0.3 is 15.2 Å². The van der Waals surface area contributed by atoms with Crippen LogP contribution in [0.25, 0.3) is 0 Å². The van der Waals surface area contributed by atoms with Crippen molar-refractivity contribution < 1.29 is 19.4 Å². The van der Waals surface area contributed by atoms with Gasteiger partial charge in [-0.25, -0.2) is 4.79 Å². The molecule has 1 atom stereocenters. The second kappa shape index (κ2) is 4.81. The standard InChI is InChI=1S/C8H15NO4/c1-8(2,13-3)4-6(7(11)12)9-5-10/h5-6H,4H2,1-3H3,(H,9,10)(H,11,12). The molecular formula is C8H15NO4. The third-order valence-corrected chi connectivity index (χ3v) is 1.82. The highest BCUT2D eigenvalue weighted by atomic mass is 16.5. The molecule has 0 spiro atoms. The highest BCUT2D eigenvalue weighted by molar-refractivity contribution is 5.76. The number of carbonyl (C=O) groups is 2. The average Bonchev–Trinajstić information content (AvgIpc) is 2.03. The van der Waals surface area contributed by atoms with Gasteiger partial charge >= 0.3 is 5.97 Å². The van der Waals surface area contributed by atoms with Crippen molar-refractivity contribution >= 4 is 12.4 Å². The second-order valence-corrected chi connectivity index (χ2v) is 3.34. The SMILES string of the molecule is COC(C)(C)CC(NC=O)C(=O)O. The van der Waals surface area contributed by atoms with Crippen molar-refractivity contribution in [1.29, 1.82) is 0 Å². The number of nitrogens with one attached hydrogen (secondary N) is 1. The molecular weight excluding hydrogens is 174 g/mol.